The average Bonchev–Trinajstić information content (AvgIpc) is 2.14. The van der Waals surface area contributed by atoms with Gasteiger partial charge in [-0.3, -0.25) is 0 Å². The summed E-state index contributed by atoms with van der Waals surface area (Å²) in [6.45, 7) is 2.19. The van der Waals surface area contributed by atoms with E-state index in [4.69, 9.17) is 4.74 Å². The Labute approximate surface area is 73.6 Å². The van der Waals surface area contributed by atoms with E-state index in [1.165, 1.54) is 5.56 Å². The summed E-state index contributed by atoms with van der Waals surface area (Å²) in [6, 6.07) is 10.2. The molecule has 0 bridgehead atoms. The van der Waals surface area contributed by atoms with E-state index in [1.54, 1.807) is 7.05 Å². The van der Waals surface area contributed by atoms with Crippen LogP contribution < -0.4 is 0 Å². The van der Waals surface area contributed by atoms with Gasteiger partial charge < -0.3 is 10.1 Å². The van der Waals surface area contributed by atoms with Gasteiger partial charge in [0, 0.05) is 6.61 Å². The van der Waals surface area contributed by atoms with Crippen molar-refractivity contribution in [3.05, 3.63) is 41.2 Å². The molecule has 1 rings (SSSR count). The monoisotopic (exact) mass is 164 g/mol. The first kappa shape index (κ1) is 9.23. The third-order valence-corrected chi connectivity index (χ3v) is 1.57. The van der Waals surface area contributed by atoms with Gasteiger partial charge in [0.05, 0.1) is 6.61 Å². The predicted molar refractivity (Wildman–Crippen MR) is 50.2 cm³/mol. The molecule has 0 saturated carbocycles. The number of benzene rings is 1. The number of nitrogens with zero attached hydrogens (tertiary/aromatic N) is 1. The molecular weight excluding hydrogens is 150 g/mol. The van der Waals surface area contributed by atoms with Crippen molar-refractivity contribution in [2.45, 2.75) is 6.61 Å². The minimum Gasteiger partial charge on any atom is -0.663 e. The summed E-state index contributed by atoms with van der Waals surface area (Å²) in [5.74, 6) is 0. The van der Waals surface area contributed by atoms with E-state index < -0.39 is 0 Å². The zero-order valence-electron chi connectivity index (χ0n) is 7.36. The minimum absolute atomic E-state index is 0.691. The van der Waals surface area contributed by atoms with Crippen molar-refractivity contribution in [1.29, 1.82) is 0 Å². The first-order valence-corrected chi connectivity index (χ1v) is 4.11. The number of hydrogen-bond acceptors (Lipinski definition) is 1. The molecule has 0 heterocycles. The maximum atomic E-state index is 5.37. The second-order valence-corrected chi connectivity index (χ2v) is 2.58. The van der Waals surface area contributed by atoms with Gasteiger partial charge in [-0.2, -0.15) is 7.05 Å². The quantitative estimate of drug-likeness (QED) is 0.612. The minimum atomic E-state index is 0.691. The molecule has 0 aliphatic rings. The van der Waals surface area contributed by atoms with Gasteiger partial charge in [-0.05, 0) is 5.56 Å². The van der Waals surface area contributed by atoms with Gasteiger partial charge >= 0.3 is 0 Å². The van der Waals surface area contributed by atoms with E-state index in [9.17, 15) is 0 Å². The Kier molecular flexibility index (Phi) is 4.42. The fourth-order valence-corrected chi connectivity index (χ4v) is 0.920. The number of likely N-dealkylation sites (N-methyl/N-ethyl adjacent to an activating group) is 1. The zero-order valence-corrected chi connectivity index (χ0v) is 7.36. The van der Waals surface area contributed by atoms with E-state index in [0.717, 1.165) is 6.54 Å². The smallest absolute Gasteiger partial charge is 0.0715 e. The summed E-state index contributed by atoms with van der Waals surface area (Å²) in [5, 5.41) is 3.94. The predicted octanol–water partition coefficient (Wildman–Crippen LogP) is 2.21. The average molecular weight is 164 g/mol. The van der Waals surface area contributed by atoms with E-state index >= 15 is 0 Å². The largest absolute Gasteiger partial charge is 0.663 e. The standard InChI is InChI=1S/C10H14NO/c1-11-7-8-12-9-10-5-3-2-4-6-10/h2-6H,7-9H2,1H3/q-1. The van der Waals surface area contributed by atoms with Crippen LogP contribution in [-0.2, 0) is 11.3 Å². The van der Waals surface area contributed by atoms with E-state index in [0.29, 0.717) is 13.2 Å². The van der Waals surface area contributed by atoms with Crippen molar-refractivity contribution >= 4 is 0 Å². The molecule has 0 radical (unpaired) electrons. The number of rotatable bonds is 5. The summed E-state index contributed by atoms with van der Waals surface area (Å²) < 4.78 is 5.37. The van der Waals surface area contributed by atoms with Crippen molar-refractivity contribution in [3.8, 4) is 0 Å². The highest BCUT2D eigenvalue weighted by molar-refractivity contribution is 5.13. The first-order chi connectivity index (χ1) is 5.93. The van der Waals surface area contributed by atoms with Crippen LogP contribution in [0.15, 0.2) is 30.3 Å². The van der Waals surface area contributed by atoms with Crippen LogP contribution in [-0.4, -0.2) is 20.2 Å². The Morgan fingerprint density at radius 3 is 2.67 bits per heavy atom. The summed E-state index contributed by atoms with van der Waals surface area (Å²) in [5.41, 5.74) is 1.22. The molecule has 0 spiro atoms. The highest BCUT2D eigenvalue weighted by Gasteiger charge is 1.87. The maximum Gasteiger partial charge on any atom is 0.0715 e. The van der Waals surface area contributed by atoms with Gasteiger partial charge in [0.25, 0.3) is 0 Å². The van der Waals surface area contributed by atoms with E-state index in [-0.39, 0.29) is 0 Å². The van der Waals surface area contributed by atoms with Crippen LogP contribution in [0.25, 0.3) is 5.32 Å². The Balaban J connectivity index is 2.16. The van der Waals surface area contributed by atoms with Gasteiger partial charge in [-0.25, -0.2) is 0 Å². The van der Waals surface area contributed by atoms with Crippen LogP contribution in [0, 0.1) is 0 Å². The second-order valence-electron chi connectivity index (χ2n) is 2.58. The van der Waals surface area contributed by atoms with Crippen LogP contribution in [0.5, 0.6) is 0 Å². The molecule has 1 aromatic carbocycles. The zero-order chi connectivity index (χ0) is 8.65. The van der Waals surface area contributed by atoms with E-state index in [1.807, 2.05) is 18.2 Å². The lowest BCUT2D eigenvalue weighted by Crippen LogP contribution is -1.98. The molecule has 12 heavy (non-hydrogen) atoms. The van der Waals surface area contributed by atoms with Crippen LogP contribution in [0.4, 0.5) is 0 Å². The Morgan fingerprint density at radius 1 is 1.25 bits per heavy atom. The van der Waals surface area contributed by atoms with Crippen LogP contribution in [0.3, 0.4) is 0 Å². The first-order valence-electron chi connectivity index (χ1n) is 4.11. The van der Waals surface area contributed by atoms with Crippen molar-refractivity contribution in [2.75, 3.05) is 20.2 Å². The summed E-state index contributed by atoms with van der Waals surface area (Å²) in [6.07, 6.45) is 0. The molecule has 2 heteroatoms. The van der Waals surface area contributed by atoms with Crippen molar-refractivity contribution in [1.82, 2.24) is 0 Å². The Bertz CT molecular complexity index is 198. The molecule has 0 fully saturated rings. The molecule has 2 nitrogen and oxygen atoms in total. The van der Waals surface area contributed by atoms with Crippen LogP contribution >= 0.6 is 0 Å². The van der Waals surface area contributed by atoms with Gasteiger partial charge in [-0.15, -0.1) is 6.54 Å². The Hall–Kier alpha value is -0.860. The summed E-state index contributed by atoms with van der Waals surface area (Å²) >= 11 is 0. The number of hydrogen-bond donors (Lipinski definition) is 0. The highest BCUT2D eigenvalue weighted by Crippen LogP contribution is 1.99. The van der Waals surface area contributed by atoms with Crippen LogP contribution in [0.2, 0.25) is 0 Å². The van der Waals surface area contributed by atoms with Crippen molar-refractivity contribution in [2.24, 2.45) is 0 Å². The normalized spacial score (nSPS) is 10.1. The van der Waals surface area contributed by atoms with Crippen molar-refractivity contribution < 1.29 is 4.74 Å². The van der Waals surface area contributed by atoms with Gasteiger partial charge in [-0.1, -0.05) is 30.3 Å². The fourth-order valence-electron chi connectivity index (χ4n) is 0.920. The molecule has 0 aliphatic carbocycles. The topological polar surface area (TPSA) is 23.3 Å². The maximum absolute atomic E-state index is 5.37. The molecule has 0 aromatic heterocycles. The highest BCUT2D eigenvalue weighted by atomic mass is 16.5. The van der Waals surface area contributed by atoms with Gasteiger partial charge in [0.15, 0.2) is 0 Å². The van der Waals surface area contributed by atoms with E-state index in [2.05, 4.69) is 17.4 Å². The third-order valence-electron chi connectivity index (χ3n) is 1.57. The lowest BCUT2D eigenvalue weighted by atomic mass is 10.2. The molecular formula is C10H14NO-. The van der Waals surface area contributed by atoms with Crippen LogP contribution in [0.1, 0.15) is 5.56 Å². The molecule has 0 amide bonds. The lowest BCUT2D eigenvalue weighted by molar-refractivity contribution is 0.131. The number of ether oxygens (including phenoxy) is 1. The molecule has 0 N–H and O–H groups in total. The molecule has 1 aromatic rings. The second kappa shape index (κ2) is 5.75. The SMILES string of the molecule is C[N-]CCOCc1ccccc1. The molecule has 66 valence electrons. The van der Waals surface area contributed by atoms with Crippen molar-refractivity contribution in [3.63, 3.8) is 0 Å². The molecule has 0 saturated heterocycles. The van der Waals surface area contributed by atoms with Gasteiger partial charge in [0.1, 0.15) is 0 Å². The summed E-state index contributed by atoms with van der Waals surface area (Å²) in [4.78, 5) is 0. The fraction of sp³-hybridized carbons (Fsp3) is 0.400. The Morgan fingerprint density at radius 2 is 2.00 bits per heavy atom. The van der Waals surface area contributed by atoms with Gasteiger partial charge in [0.2, 0.25) is 0 Å². The third kappa shape index (κ3) is 3.51. The molecule has 0 aliphatic heterocycles. The summed E-state index contributed by atoms with van der Waals surface area (Å²) in [7, 11) is 1.80. The molecule has 0 unspecified atom stereocenters. The molecule has 0 atom stereocenters. The lowest BCUT2D eigenvalue weighted by Gasteiger charge is -2.10.